The summed E-state index contributed by atoms with van der Waals surface area (Å²) in [6.07, 6.45) is 6.72. The van der Waals surface area contributed by atoms with Crippen LogP contribution >= 0.6 is 0 Å². The molecule has 2 amide bonds. The van der Waals surface area contributed by atoms with Crippen molar-refractivity contribution >= 4 is 11.8 Å². The SMILES string of the molecule is O=C([C@H]1CCCN1C(=O)C1CCc2ccccc2C1)N1CCCC1. The highest BCUT2D eigenvalue weighted by Crippen LogP contribution is 2.30. The van der Waals surface area contributed by atoms with Gasteiger partial charge in [-0.25, -0.2) is 0 Å². The molecular formula is C20H26N2O2. The van der Waals surface area contributed by atoms with E-state index < -0.39 is 0 Å². The maximum Gasteiger partial charge on any atom is 0.245 e. The van der Waals surface area contributed by atoms with Crippen molar-refractivity contribution in [2.45, 2.75) is 51.0 Å². The fourth-order valence-corrected chi connectivity index (χ4v) is 4.58. The van der Waals surface area contributed by atoms with Crippen LogP contribution in [0.5, 0.6) is 0 Å². The average molecular weight is 326 g/mol. The van der Waals surface area contributed by atoms with E-state index >= 15 is 0 Å². The van der Waals surface area contributed by atoms with E-state index in [4.69, 9.17) is 0 Å². The smallest absolute Gasteiger partial charge is 0.245 e. The molecule has 4 heteroatoms. The molecule has 24 heavy (non-hydrogen) atoms. The first-order valence-corrected chi connectivity index (χ1v) is 9.40. The third kappa shape index (κ3) is 2.83. The van der Waals surface area contributed by atoms with Gasteiger partial charge in [0.15, 0.2) is 0 Å². The van der Waals surface area contributed by atoms with Crippen molar-refractivity contribution in [1.82, 2.24) is 9.80 Å². The first-order chi connectivity index (χ1) is 11.7. The van der Waals surface area contributed by atoms with Crippen molar-refractivity contribution in [3.05, 3.63) is 35.4 Å². The Morgan fingerprint density at radius 1 is 0.875 bits per heavy atom. The highest BCUT2D eigenvalue weighted by atomic mass is 16.2. The predicted molar refractivity (Wildman–Crippen MR) is 92.5 cm³/mol. The Kier molecular flexibility index (Phi) is 4.30. The first kappa shape index (κ1) is 15.7. The van der Waals surface area contributed by atoms with Crippen LogP contribution in [0.4, 0.5) is 0 Å². The molecule has 0 saturated carbocycles. The molecule has 2 atom stereocenters. The van der Waals surface area contributed by atoms with E-state index in [2.05, 4.69) is 24.3 Å². The van der Waals surface area contributed by atoms with E-state index in [-0.39, 0.29) is 23.8 Å². The highest BCUT2D eigenvalue weighted by Gasteiger charge is 2.39. The number of carbonyl (C=O) groups is 2. The van der Waals surface area contributed by atoms with Crippen molar-refractivity contribution in [3.8, 4) is 0 Å². The van der Waals surface area contributed by atoms with Gasteiger partial charge in [-0.3, -0.25) is 9.59 Å². The van der Waals surface area contributed by atoms with Crippen LogP contribution in [-0.2, 0) is 22.4 Å². The molecule has 2 aliphatic heterocycles. The minimum Gasteiger partial charge on any atom is -0.341 e. The molecule has 0 spiro atoms. The number of likely N-dealkylation sites (tertiary alicyclic amines) is 2. The lowest BCUT2D eigenvalue weighted by atomic mass is 9.83. The number of aryl methyl sites for hydroxylation is 1. The number of nitrogens with zero attached hydrogens (tertiary/aromatic N) is 2. The molecule has 1 unspecified atom stereocenters. The minimum absolute atomic E-state index is 0.0480. The van der Waals surface area contributed by atoms with Gasteiger partial charge in [-0.1, -0.05) is 24.3 Å². The Bertz CT molecular complexity index is 636. The van der Waals surface area contributed by atoms with Gasteiger partial charge < -0.3 is 9.80 Å². The second-order valence-electron chi connectivity index (χ2n) is 7.43. The molecule has 2 fully saturated rings. The molecule has 0 aromatic heterocycles. The summed E-state index contributed by atoms with van der Waals surface area (Å²) in [5.41, 5.74) is 2.69. The number of carbonyl (C=O) groups excluding carboxylic acids is 2. The summed E-state index contributed by atoms with van der Waals surface area (Å²) >= 11 is 0. The lowest BCUT2D eigenvalue weighted by Crippen LogP contribution is -2.49. The standard InChI is InChI=1S/C20H26N2O2/c23-19(17-10-9-15-6-1-2-7-16(15)14-17)22-13-5-8-18(22)20(24)21-11-3-4-12-21/h1-2,6-7,17-18H,3-5,8-14H2/t17?,18-/m1/s1. The fourth-order valence-electron chi connectivity index (χ4n) is 4.58. The topological polar surface area (TPSA) is 40.6 Å². The molecule has 4 nitrogen and oxygen atoms in total. The largest absolute Gasteiger partial charge is 0.341 e. The van der Waals surface area contributed by atoms with Crippen molar-refractivity contribution in [2.75, 3.05) is 19.6 Å². The zero-order valence-corrected chi connectivity index (χ0v) is 14.2. The number of amides is 2. The molecular weight excluding hydrogens is 300 g/mol. The molecule has 0 radical (unpaired) electrons. The monoisotopic (exact) mass is 326 g/mol. The molecule has 0 N–H and O–H groups in total. The summed E-state index contributed by atoms with van der Waals surface area (Å²) < 4.78 is 0. The van der Waals surface area contributed by atoms with Crippen molar-refractivity contribution in [3.63, 3.8) is 0 Å². The Balaban J connectivity index is 1.46. The van der Waals surface area contributed by atoms with Gasteiger partial charge in [0, 0.05) is 25.6 Å². The zero-order chi connectivity index (χ0) is 16.5. The third-order valence-corrected chi connectivity index (χ3v) is 5.93. The number of benzene rings is 1. The second-order valence-corrected chi connectivity index (χ2v) is 7.43. The molecule has 4 rings (SSSR count). The zero-order valence-electron chi connectivity index (χ0n) is 14.2. The van der Waals surface area contributed by atoms with Crippen LogP contribution in [0.15, 0.2) is 24.3 Å². The summed E-state index contributed by atoms with van der Waals surface area (Å²) in [4.78, 5) is 29.7. The van der Waals surface area contributed by atoms with Crippen LogP contribution in [0.2, 0.25) is 0 Å². The van der Waals surface area contributed by atoms with Crippen LogP contribution in [0.3, 0.4) is 0 Å². The second kappa shape index (κ2) is 6.58. The predicted octanol–water partition coefficient (Wildman–Crippen LogP) is 2.40. The number of hydrogen-bond acceptors (Lipinski definition) is 2. The molecule has 2 saturated heterocycles. The van der Waals surface area contributed by atoms with Crippen molar-refractivity contribution in [2.24, 2.45) is 5.92 Å². The van der Waals surface area contributed by atoms with Gasteiger partial charge in [0.1, 0.15) is 6.04 Å². The molecule has 1 aromatic rings. The summed E-state index contributed by atoms with van der Waals surface area (Å²) in [5, 5.41) is 0. The van der Waals surface area contributed by atoms with Gasteiger partial charge in [-0.2, -0.15) is 0 Å². The van der Waals surface area contributed by atoms with Crippen LogP contribution in [0, 0.1) is 5.92 Å². The summed E-state index contributed by atoms with van der Waals surface area (Å²) in [6.45, 7) is 2.49. The van der Waals surface area contributed by atoms with Crippen LogP contribution in [0.25, 0.3) is 0 Å². The van der Waals surface area contributed by atoms with Gasteiger partial charge >= 0.3 is 0 Å². The van der Waals surface area contributed by atoms with E-state index in [1.54, 1.807) is 0 Å². The van der Waals surface area contributed by atoms with Crippen LogP contribution in [0.1, 0.15) is 43.2 Å². The van der Waals surface area contributed by atoms with Crippen molar-refractivity contribution in [1.29, 1.82) is 0 Å². The van der Waals surface area contributed by atoms with Gasteiger partial charge in [-0.15, -0.1) is 0 Å². The van der Waals surface area contributed by atoms with Crippen LogP contribution < -0.4 is 0 Å². The lowest BCUT2D eigenvalue weighted by molar-refractivity contribution is -0.145. The van der Waals surface area contributed by atoms with E-state index in [0.29, 0.717) is 0 Å². The maximum atomic E-state index is 13.1. The van der Waals surface area contributed by atoms with Crippen LogP contribution in [-0.4, -0.2) is 47.3 Å². The summed E-state index contributed by atoms with van der Waals surface area (Å²) in [5.74, 6) is 0.445. The normalized spacial score (nSPS) is 26.5. The quantitative estimate of drug-likeness (QED) is 0.837. The molecule has 2 heterocycles. The first-order valence-electron chi connectivity index (χ1n) is 9.40. The lowest BCUT2D eigenvalue weighted by Gasteiger charge is -2.32. The Hall–Kier alpha value is -1.84. The highest BCUT2D eigenvalue weighted by molar-refractivity contribution is 5.89. The van der Waals surface area contributed by atoms with Gasteiger partial charge in [0.2, 0.25) is 11.8 Å². The van der Waals surface area contributed by atoms with E-state index in [9.17, 15) is 9.59 Å². The number of hydrogen-bond donors (Lipinski definition) is 0. The van der Waals surface area contributed by atoms with E-state index in [1.165, 1.54) is 11.1 Å². The Labute approximate surface area is 143 Å². The third-order valence-electron chi connectivity index (χ3n) is 5.93. The molecule has 1 aliphatic carbocycles. The average Bonchev–Trinajstić information content (AvgIpc) is 3.31. The Morgan fingerprint density at radius 3 is 2.42 bits per heavy atom. The van der Waals surface area contributed by atoms with Gasteiger partial charge in [-0.05, 0) is 56.1 Å². The van der Waals surface area contributed by atoms with Gasteiger partial charge in [0.25, 0.3) is 0 Å². The molecule has 1 aromatic carbocycles. The van der Waals surface area contributed by atoms with Gasteiger partial charge in [0.05, 0.1) is 0 Å². The van der Waals surface area contributed by atoms with E-state index in [0.717, 1.165) is 64.6 Å². The number of fused-ring (bicyclic) bond motifs is 1. The van der Waals surface area contributed by atoms with Crippen molar-refractivity contribution < 1.29 is 9.59 Å². The van der Waals surface area contributed by atoms with E-state index in [1.807, 2.05) is 9.80 Å². The molecule has 3 aliphatic rings. The fraction of sp³-hybridized carbons (Fsp3) is 0.600. The minimum atomic E-state index is -0.201. The summed E-state index contributed by atoms with van der Waals surface area (Å²) in [6, 6.07) is 8.25. The summed E-state index contributed by atoms with van der Waals surface area (Å²) in [7, 11) is 0. The Morgan fingerprint density at radius 2 is 1.62 bits per heavy atom. The molecule has 128 valence electrons. The molecule has 0 bridgehead atoms. The maximum absolute atomic E-state index is 13.1. The number of rotatable bonds is 2.